The monoisotopic (exact) mass is 381 g/mol. The summed E-state index contributed by atoms with van der Waals surface area (Å²) in [5, 5.41) is 8.25. The third kappa shape index (κ3) is 4.29. The van der Waals surface area contributed by atoms with Crippen LogP contribution < -0.4 is 14.2 Å². The van der Waals surface area contributed by atoms with E-state index in [2.05, 4.69) is 0 Å². The van der Waals surface area contributed by atoms with Gasteiger partial charge >= 0.3 is 5.97 Å². The maximum atomic E-state index is 12.4. The minimum Gasteiger partial charge on any atom is -0.493 e. The Morgan fingerprint density at radius 1 is 1.15 bits per heavy atom. The Kier molecular flexibility index (Phi) is 6.51. The number of amides is 2. The van der Waals surface area contributed by atoms with Crippen LogP contribution in [0, 0.1) is 0 Å². The van der Waals surface area contributed by atoms with E-state index in [4.69, 9.17) is 19.3 Å². The molecule has 1 aliphatic rings. The maximum Gasteiger partial charge on any atom is 0.303 e. The lowest BCUT2D eigenvalue weighted by Crippen LogP contribution is -2.29. The van der Waals surface area contributed by atoms with Crippen molar-refractivity contribution in [3.8, 4) is 17.2 Å². The van der Waals surface area contributed by atoms with E-state index in [-0.39, 0.29) is 24.3 Å². The highest BCUT2D eigenvalue weighted by atomic mass is 32.2. The fraction of sp³-hybridized carbons (Fsp3) is 0.353. The number of thioether (sulfide) groups is 1. The number of carbonyl (C=O) groups is 3. The fourth-order valence-corrected chi connectivity index (χ4v) is 3.28. The highest BCUT2D eigenvalue weighted by molar-refractivity contribution is 8.18. The molecular weight excluding hydrogens is 362 g/mol. The molecule has 0 atom stereocenters. The van der Waals surface area contributed by atoms with Gasteiger partial charge in [0, 0.05) is 13.0 Å². The van der Waals surface area contributed by atoms with Crippen LogP contribution in [0.25, 0.3) is 6.08 Å². The minimum absolute atomic E-state index is 0.0730. The van der Waals surface area contributed by atoms with Crippen LogP contribution in [-0.2, 0) is 9.59 Å². The molecule has 1 heterocycles. The Morgan fingerprint density at radius 2 is 1.77 bits per heavy atom. The molecule has 1 aromatic carbocycles. The summed E-state index contributed by atoms with van der Waals surface area (Å²) in [7, 11) is 4.46. The first-order valence-electron chi connectivity index (χ1n) is 7.68. The standard InChI is InChI=1S/C17H19NO7S/c1-23-11-7-10(8-12(24-2)15(11)25-3)9-13-16(21)18(17(22)26-13)6-4-5-14(19)20/h7-9H,4-6H2,1-3H3,(H,19,20)/b13-9-. The SMILES string of the molecule is COc1cc(/C=C2\SC(=O)N(CCCC(=O)O)C2=O)cc(OC)c1OC. The average molecular weight is 381 g/mol. The Hall–Kier alpha value is -2.68. The van der Waals surface area contributed by atoms with Gasteiger partial charge in [0.15, 0.2) is 11.5 Å². The number of rotatable bonds is 8. The van der Waals surface area contributed by atoms with E-state index in [0.717, 1.165) is 16.7 Å². The third-order valence-electron chi connectivity index (χ3n) is 3.63. The van der Waals surface area contributed by atoms with Crippen molar-refractivity contribution in [3.63, 3.8) is 0 Å². The van der Waals surface area contributed by atoms with Gasteiger partial charge in [-0.1, -0.05) is 0 Å². The largest absolute Gasteiger partial charge is 0.493 e. The van der Waals surface area contributed by atoms with Crippen molar-refractivity contribution in [2.24, 2.45) is 0 Å². The van der Waals surface area contributed by atoms with Crippen molar-refractivity contribution in [1.82, 2.24) is 4.90 Å². The van der Waals surface area contributed by atoms with Gasteiger partial charge in [-0.2, -0.15) is 0 Å². The number of carboxylic acids is 1. The highest BCUT2D eigenvalue weighted by Crippen LogP contribution is 2.40. The average Bonchev–Trinajstić information content (AvgIpc) is 2.87. The van der Waals surface area contributed by atoms with Crippen LogP contribution in [0.15, 0.2) is 17.0 Å². The number of hydrogen-bond acceptors (Lipinski definition) is 7. The second kappa shape index (κ2) is 8.61. The molecule has 0 aliphatic carbocycles. The molecule has 2 rings (SSSR count). The van der Waals surface area contributed by atoms with Crippen LogP contribution in [0.2, 0.25) is 0 Å². The maximum absolute atomic E-state index is 12.4. The predicted octanol–water partition coefficient (Wildman–Crippen LogP) is 2.61. The fourth-order valence-electron chi connectivity index (χ4n) is 2.42. The molecule has 26 heavy (non-hydrogen) atoms. The summed E-state index contributed by atoms with van der Waals surface area (Å²) in [6.45, 7) is 0.0730. The number of hydrogen-bond donors (Lipinski definition) is 1. The van der Waals surface area contributed by atoms with Crippen molar-refractivity contribution in [2.45, 2.75) is 12.8 Å². The summed E-state index contributed by atoms with van der Waals surface area (Å²) in [6, 6.07) is 3.33. The van der Waals surface area contributed by atoms with Gasteiger partial charge < -0.3 is 19.3 Å². The lowest BCUT2D eigenvalue weighted by Gasteiger charge is -2.13. The molecule has 0 radical (unpaired) electrons. The first-order chi connectivity index (χ1) is 12.4. The lowest BCUT2D eigenvalue weighted by molar-refractivity contribution is -0.137. The minimum atomic E-state index is -0.968. The number of benzene rings is 1. The molecule has 1 fully saturated rings. The molecule has 1 saturated heterocycles. The molecule has 2 amide bonds. The number of carbonyl (C=O) groups excluding carboxylic acids is 2. The van der Waals surface area contributed by atoms with E-state index in [0.29, 0.717) is 22.8 Å². The van der Waals surface area contributed by atoms with Gasteiger partial charge in [0.1, 0.15) is 0 Å². The van der Waals surface area contributed by atoms with Crippen LogP contribution in [0.4, 0.5) is 4.79 Å². The van der Waals surface area contributed by atoms with Crippen molar-refractivity contribution in [2.75, 3.05) is 27.9 Å². The van der Waals surface area contributed by atoms with E-state index in [9.17, 15) is 14.4 Å². The molecule has 9 heteroatoms. The van der Waals surface area contributed by atoms with E-state index < -0.39 is 17.1 Å². The van der Waals surface area contributed by atoms with Gasteiger partial charge in [-0.15, -0.1) is 0 Å². The first-order valence-corrected chi connectivity index (χ1v) is 8.50. The van der Waals surface area contributed by atoms with Crippen LogP contribution in [0.3, 0.4) is 0 Å². The molecule has 1 N–H and O–H groups in total. The molecule has 1 aromatic rings. The predicted molar refractivity (Wildman–Crippen MR) is 95.6 cm³/mol. The topological polar surface area (TPSA) is 102 Å². The molecule has 1 aliphatic heterocycles. The van der Waals surface area contributed by atoms with Crippen LogP contribution in [0.5, 0.6) is 17.2 Å². The normalized spacial score (nSPS) is 15.5. The molecular formula is C17H19NO7S. The highest BCUT2D eigenvalue weighted by Gasteiger charge is 2.34. The van der Waals surface area contributed by atoms with Gasteiger partial charge in [-0.3, -0.25) is 19.3 Å². The summed E-state index contributed by atoms with van der Waals surface area (Å²) < 4.78 is 15.8. The third-order valence-corrected chi connectivity index (χ3v) is 4.54. The molecule has 0 unspecified atom stereocenters. The number of nitrogens with zero attached hydrogens (tertiary/aromatic N) is 1. The Morgan fingerprint density at radius 3 is 2.27 bits per heavy atom. The number of methoxy groups -OCH3 is 3. The zero-order chi connectivity index (χ0) is 19.3. The van der Waals surface area contributed by atoms with Gasteiger partial charge in [0.25, 0.3) is 11.1 Å². The Balaban J connectivity index is 2.25. The number of ether oxygens (including phenoxy) is 3. The van der Waals surface area contributed by atoms with Gasteiger partial charge in [-0.25, -0.2) is 0 Å². The van der Waals surface area contributed by atoms with Crippen molar-refractivity contribution in [1.29, 1.82) is 0 Å². The van der Waals surface area contributed by atoms with Gasteiger partial charge in [0.05, 0.1) is 26.2 Å². The van der Waals surface area contributed by atoms with Gasteiger partial charge in [0.2, 0.25) is 5.75 Å². The van der Waals surface area contributed by atoms with E-state index in [1.807, 2.05) is 0 Å². The van der Waals surface area contributed by atoms with Crippen LogP contribution >= 0.6 is 11.8 Å². The second-order valence-electron chi connectivity index (χ2n) is 5.29. The van der Waals surface area contributed by atoms with E-state index in [1.165, 1.54) is 21.3 Å². The number of carboxylic acid groups (broad SMARTS) is 1. The number of imide groups is 1. The molecule has 0 aromatic heterocycles. The van der Waals surface area contributed by atoms with Crippen LogP contribution in [-0.4, -0.2) is 55.0 Å². The second-order valence-corrected chi connectivity index (χ2v) is 6.28. The number of aliphatic carboxylic acids is 1. The summed E-state index contributed by atoms with van der Waals surface area (Å²) >= 11 is 0.811. The quantitative estimate of drug-likeness (QED) is 0.686. The zero-order valence-electron chi connectivity index (χ0n) is 14.6. The molecule has 0 spiro atoms. The van der Waals surface area contributed by atoms with Crippen molar-refractivity contribution < 1.29 is 33.7 Å². The molecule has 0 saturated carbocycles. The molecule has 8 nitrogen and oxygen atoms in total. The van der Waals surface area contributed by atoms with E-state index in [1.54, 1.807) is 18.2 Å². The first kappa shape index (κ1) is 19.6. The van der Waals surface area contributed by atoms with Crippen molar-refractivity contribution in [3.05, 3.63) is 22.6 Å². The summed E-state index contributed by atoms with van der Waals surface area (Å²) in [4.78, 5) is 36.3. The van der Waals surface area contributed by atoms with Gasteiger partial charge in [-0.05, 0) is 42.0 Å². The van der Waals surface area contributed by atoms with Crippen molar-refractivity contribution >= 4 is 35.0 Å². The molecule has 0 bridgehead atoms. The Labute approximate surface area is 154 Å². The summed E-state index contributed by atoms with van der Waals surface area (Å²) in [6.07, 6.45) is 1.67. The van der Waals surface area contributed by atoms with Crippen LogP contribution in [0.1, 0.15) is 18.4 Å². The molecule has 140 valence electrons. The Bertz CT molecular complexity index is 734. The summed E-state index contributed by atoms with van der Waals surface area (Å²) in [5.41, 5.74) is 0.607. The zero-order valence-corrected chi connectivity index (χ0v) is 15.4. The van der Waals surface area contributed by atoms with E-state index >= 15 is 0 Å². The lowest BCUT2D eigenvalue weighted by atomic mass is 10.1. The summed E-state index contributed by atoms with van der Waals surface area (Å²) in [5.74, 6) is -0.129. The smallest absolute Gasteiger partial charge is 0.303 e.